The van der Waals surface area contributed by atoms with Crippen LogP contribution in [0.3, 0.4) is 0 Å². The van der Waals surface area contributed by atoms with Gasteiger partial charge in [-0.25, -0.2) is 0 Å². The Morgan fingerprint density at radius 3 is 2.15 bits per heavy atom. The zero-order chi connectivity index (χ0) is 14.8. The number of alkyl halides is 3. The van der Waals surface area contributed by atoms with Crippen molar-refractivity contribution in [3.63, 3.8) is 0 Å². The predicted molar refractivity (Wildman–Crippen MR) is 68.0 cm³/mol. The molecule has 0 spiro atoms. The summed E-state index contributed by atoms with van der Waals surface area (Å²) >= 11 is 5.89. The molecule has 0 heterocycles. The fourth-order valence-electron chi connectivity index (χ4n) is 1.61. The lowest BCUT2D eigenvalue weighted by atomic mass is 10.0. The van der Waals surface area contributed by atoms with Crippen molar-refractivity contribution in [1.29, 1.82) is 0 Å². The number of carbonyl (C=O) groups is 1. The van der Waals surface area contributed by atoms with Gasteiger partial charge in [0, 0.05) is 11.1 Å². The maximum Gasteiger partial charge on any atom is 0.573 e. The molecular weight excluding hydrogens is 293 g/mol. The van der Waals surface area contributed by atoms with Crippen molar-refractivity contribution in [2.75, 3.05) is 0 Å². The van der Waals surface area contributed by atoms with Gasteiger partial charge < -0.3 is 4.74 Å². The largest absolute Gasteiger partial charge is 0.573 e. The third-order valence-electron chi connectivity index (χ3n) is 2.47. The van der Waals surface area contributed by atoms with Crippen LogP contribution in [0, 0.1) is 0 Å². The number of hydrogen-bond acceptors (Lipinski definition) is 2. The molecule has 0 radical (unpaired) electrons. The third-order valence-corrected chi connectivity index (χ3v) is 2.80. The van der Waals surface area contributed by atoms with Crippen LogP contribution in [0.2, 0.25) is 5.02 Å². The van der Waals surface area contributed by atoms with Crippen LogP contribution in [0.25, 0.3) is 0 Å². The Bertz CT molecular complexity index is 621. The number of hydrogen-bond donors (Lipinski definition) is 0. The lowest BCUT2D eigenvalue weighted by Crippen LogP contribution is -2.17. The Morgan fingerprint density at radius 1 is 1.00 bits per heavy atom. The third kappa shape index (κ3) is 3.51. The maximum absolute atomic E-state index is 12.1. The van der Waals surface area contributed by atoms with Gasteiger partial charge in [-0.1, -0.05) is 23.7 Å². The molecule has 2 aromatic carbocycles. The van der Waals surface area contributed by atoms with Gasteiger partial charge in [0.05, 0.1) is 5.02 Å². The van der Waals surface area contributed by atoms with Crippen molar-refractivity contribution in [1.82, 2.24) is 0 Å². The van der Waals surface area contributed by atoms with Crippen molar-refractivity contribution in [2.45, 2.75) is 6.36 Å². The van der Waals surface area contributed by atoms with E-state index in [2.05, 4.69) is 4.74 Å². The van der Waals surface area contributed by atoms with Gasteiger partial charge in [-0.2, -0.15) is 0 Å². The lowest BCUT2D eigenvalue weighted by Gasteiger charge is -2.09. The molecule has 2 rings (SSSR count). The molecule has 2 nitrogen and oxygen atoms in total. The smallest absolute Gasteiger partial charge is 0.406 e. The van der Waals surface area contributed by atoms with E-state index in [4.69, 9.17) is 11.6 Å². The Labute approximate surface area is 117 Å². The topological polar surface area (TPSA) is 26.3 Å². The number of carbonyl (C=O) groups excluding carboxylic acids is 1. The summed E-state index contributed by atoms with van der Waals surface area (Å²) in [4.78, 5) is 12.1. The van der Waals surface area contributed by atoms with E-state index in [0.29, 0.717) is 5.56 Å². The summed E-state index contributed by atoms with van der Waals surface area (Å²) in [7, 11) is 0. The molecule has 0 saturated heterocycles. The molecule has 0 aliphatic rings. The lowest BCUT2D eigenvalue weighted by molar-refractivity contribution is -0.274. The Balaban J connectivity index is 2.22. The molecule has 6 heteroatoms. The van der Waals surface area contributed by atoms with Crippen LogP contribution in [-0.4, -0.2) is 12.1 Å². The molecule has 104 valence electrons. The fourth-order valence-corrected chi connectivity index (χ4v) is 1.83. The number of rotatable bonds is 3. The fraction of sp³-hybridized carbons (Fsp3) is 0.0714. The number of halogens is 4. The van der Waals surface area contributed by atoms with Gasteiger partial charge in [-0.05, 0) is 36.4 Å². The minimum Gasteiger partial charge on any atom is -0.406 e. The highest BCUT2D eigenvalue weighted by atomic mass is 35.5. The monoisotopic (exact) mass is 300 g/mol. The van der Waals surface area contributed by atoms with Crippen molar-refractivity contribution >= 4 is 17.4 Å². The molecule has 0 fully saturated rings. The predicted octanol–water partition coefficient (Wildman–Crippen LogP) is 4.47. The van der Waals surface area contributed by atoms with E-state index in [9.17, 15) is 18.0 Å². The average Bonchev–Trinajstić information content (AvgIpc) is 2.37. The first-order chi connectivity index (χ1) is 9.37. The van der Waals surface area contributed by atoms with Crippen LogP contribution in [0.1, 0.15) is 15.9 Å². The van der Waals surface area contributed by atoms with E-state index in [0.717, 1.165) is 12.1 Å². The summed E-state index contributed by atoms with van der Waals surface area (Å²) in [6, 6.07) is 11.1. The highest BCUT2D eigenvalue weighted by molar-refractivity contribution is 6.34. The molecule has 0 saturated carbocycles. The standard InChI is InChI=1S/C14H8ClF3O2/c15-12-4-2-1-3-11(12)13(19)9-5-7-10(8-6-9)20-14(16,17)18/h1-8H. The van der Waals surface area contributed by atoms with Gasteiger partial charge in [-0.15, -0.1) is 13.2 Å². The average molecular weight is 301 g/mol. The normalized spacial score (nSPS) is 11.2. The maximum atomic E-state index is 12.1. The second-order valence-electron chi connectivity index (χ2n) is 3.88. The van der Waals surface area contributed by atoms with E-state index in [1.165, 1.54) is 12.1 Å². The van der Waals surface area contributed by atoms with E-state index in [1.807, 2.05) is 0 Å². The molecule has 0 aliphatic heterocycles. The number of ether oxygens (including phenoxy) is 1. The van der Waals surface area contributed by atoms with Gasteiger partial charge in [0.1, 0.15) is 5.75 Å². The molecule has 0 N–H and O–H groups in total. The van der Waals surface area contributed by atoms with Gasteiger partial charge in [0.2, 0.25) is 0 Å². The number of ketones is 1. The van der Waals surface area contributed by atoms with Gasteiger partial charge in [0.25, 0.3) is 0 Å². The first-order valence-electron chi connectivity index (χ1n) is 5.52. The Kier molecular flexibility index (Phi) is 3.99. The van der Waals surface area contributed by atoms with Gasteiger partial charge in [-0.3, -0.25) is 4.79 Å². The van der Waals surface area contributed by atoms with Crippen LogP contribution in [0.5, 0.6) is 5.75 Å². The minimum atomic E-state index is -4.76. The van der Waals surface area contributed by atoms with Crippen molar-refractivity contribution in [2.24, 2.45) is 0 Å². The second-order valence-corrected chi connectivity index (χ2v) is 4.29. The quantitative estimate of drug-likeness (QED) is 0.782. The minimum absolute atomic E-state index is 0.229. The molecule has 0 atom stereocenters. The summed E-state index contributed by atoms with van der Waals surface area (Å²) in [5.41, 5.74) is 0.520. The summed E-state index contributed by atoms with van der Waals surface area (Å²) in [5.74, 6) is -0.748. The molecule has 0 unspecified atom stereocenters. The molecule has 20 heavy (non-hydrogen) atoms. The summed E-state index contributed by atoms with van der Waals surface area (Å²) < 4.78 is 39.8. The van der Waals surface area contributed by atoms with Gasteiger partial charge >= 0.3 is 6.36 Å². The van der Waals surface area contributed by atoms with Gasteiger partial charge in [0.15, 0.2) is 5.78 Å². The van der Waals surface area contributed by atoms with Crippen LogP contribution >= 0.6 is 11.6 Å². The van der Waals surface area contributed by atoms with E-state index in [1.54, 1.807) is 24.3 Å². The van der Waals surface area contributed by atoms with E-state index in [-0.39, 0.29) is 22.1 Å². The zero-order valence-electron chi connectivity index (χ0n) is 9.95. The highest BCUT2D eigenvalue weighted by Crippen LogP contribution is 2.24. The second kappa shape index (κ2) is 5.54. The SMILES string of the molecule is O=C(c1ccc(OC(F)(F)F)cc1)c1ccccc1Cl. The van der Waals surface area contributed by atoms with Crippen LogP contribution in [0.4, 0.5) is 13.2 Å². The highest BCUT2D eigenvalue weighted by Gasteiger charge is 2.31. The molecule has 0 aliphatic carbocycles. The first-order valence-corrected chi connectivity index (χ1v) is 5.89. The van der Waals surface area contributed by atoms with Crippen LogP contribution in [-0.2, 0) is 0 Å². The van der Waals surface area contributed by atoms with Crippen molar-refractivity contribution < 1.29 is 22.7 Å². The Hall–Kier alpha value is -2.01. The van der Waals surface area contributed by atoms with Crippen LogP contribution < -0.4 is 4.74 Å². The first kappa shape index (κ1) is 14.4. The van der Waals surface area contributed by atoms with Crippen molar-refractivity contribution in [3.05, 3.63) is 64.7 Å². The summed E-state index contributed by atoms with van der Waals surface area (Å²) in [5, 5.41) is 0.285. The van der Waals surface area contributed by atoms with Crippen LogP contribution in [0.15, 0.2) is 48.5 Å². The molecular formula is C14H8ClF3O2. The summed E-state index contributed by atoms with van der Waals surface area (Å²) in [6.07, 6.45) is -4.76. The molecule has 0 bridgehead atoms. The van der Waals surface area contributed by atoms with E-state index < -0.39 is 6.36 Å². The molecule has 0 amide bonds. The zero-order valence-corrected chi connectivity index (χ0v) is 10.7. The summed E-state index contributed by atoms with van der Waals surface area (Å²) in [6.45, 7) is 0. The van der Waals surface area contributed by atoms with Crippen molar-refractivity contribution in [3.8, 4) is 5.75 Å². The molecule has 0 aromatic heterocycles. The molecule has 2 aromatic rings. The van der Waals surface area contributed by atoms with E-state index >= 15 is 0 Å². The number of benzene rings is 2. The Morgan fingerprint density at radius 2 is 1.60 bits per heavy atom.